The standard InChI is InChI=1S/C29H37FN6O5/c1-17(2)13-20-21(30)15-31-24-14-19(32-26(20)24)16-36-18(3)11-12-23(28(36)39)33-27(38)22(34-29(40)41-6)9-7-8-10-25(37)35(4)5/h8,10-12,14-15,17,22,32H,7,9,13,16H2,1-6H3,(H,33,38)(H,34,40)/b10-8+/t22-/m0/s1. The summed E-state index contributed by atoms with van der Waals surface area (Å²) in [4.78, 5) is 58.9. The van der Waals surface area contributed by atoms with Gasteiger partial charge in [0.2, 0.25) is 11.8 Å². The maximum Gasteiger partial charge on any atom is 0.407 e. The molecule has 0 aliphatic carbocycles. The predicted molar refractivity (Wildman–Crippen MR) is 154 cm³/mol. The lowest BCUT2D eigenvalue weighted by Crippen LogP contribution is -2.44. The first-order valence-corrected chi connectivity index (χ1v) is 13.3. The maximum atomic E-state index is 14.5. The largest absolute Gasteiger partial charge is 0.453 e. The minimum Gasteiger partial charge on any atom is -0.453 e. The Labute approximate surface area is 237 Å². The van der Waals surface area contributed by atoms with Crippen LogP contribution >= 0.6 is 0 Å². The summed E-state index contributed by atoms with van der Waals surface area (Å²) in [5.41, 5.74) is 2.62. The van der Waals surface area contributed by atoms with E-state index in [1.807, 2.05) is 13.8 Å². The van der Waals surface area contributed by atoms with Gasteiger partial charge >= 0.3 is 6.09 Å². The molecule has 220 valence electrons. The summed E-state index contributed by atoms with van der Waals surface area (Å²) in [5.74, 6) is -0.966. The number of nitrogens with zero attached hydrogens (tertiary/aromatic N) is 3. The Morgan fingerprint density at radius 1 is 1.24 bits per heavy atom. The molecule has 0 aliphatic heterocycles. The Morgan fingerprint density at radius 2 is 1.98 bits per heavy atom. The second kappa shape index (κ2) is 13.7. The van der Waals surface area contributed by atoms with E-state index in [4.69, 9.17) is 0 Å². The van der Waals surface area contributed by atoms with Crippen LogP contribution in [0.1, 0.15) is 43.6 Å². The van der Waals surface area contributed by atoms with Crippen molar-refractivity contribution in [1.82, 2.24) is 24.8 Å². The smallest absolute Gasteiger partial charge is 0.407 e. The molecule has 0 aromatic carbocycles. The van der Waals surface area contributed by atoms with E-state index < -0.39 is 23.6 Å². The number of carbonyl (C=O) groups is 3. The average Bonchev–Trinajstić information content (AvgIpc) is 3.34. The Kier molecular flexibility index (Phi) is 10.4. The van der Waals surface area contributed by atoms with Gasteiger partial charge in [-0.25, -0.2) is 9.18 Å². The monoisotopic (exact) mass is 568 g/mol. The van der Waals surface area contributed by atoms with Gasteiger partial charge in [-0.3, -0.25) is 19.4 Å². The maximum absolute atomic E-state index is 14.5. The van der Waals surface area contributed by atoms with E-state index in [0.717, 1.165) is 0 Å². The van der Waals surface area contributed by atoms with Crippen molar-refractivity contribution in [2.45, 2.75) is 52.6 Å². The Balaban J connectivity index is 1.83. The number of aromatic nitrogens is 3. The van der Waals surface area contributed by atoms with Gasteiger partial charge in [0.05, 0.1) is 30.9 Å². The van der Waals surface area contributed by atoms with Gasteiger partial charge in [-0.2, -0.15) is 0 Å². The molecular formula is C29H37FN6O5. The minimum atomic E-state index is -1.02. The number of aromatic amines is 1. The number of alkyl carbamates (subject to hydrolysis) is 1. The van der Waals surface area contributed by atoms with Gasteiger partial charge in [-0.15, -0.1) is 0 Å². The van der Waals surface area contributed by atoms with Crippen molar-refractivity contribution in [3.05, 3.63) is 69.7 Å². The second-order valence-corrected chi connectivity index (χ2v) is 10.4. The van der Waals surface area contributed by atoms with Gasteiger partial charge in [-0.05, 0) is 56.4 Å². The number of hydrogen-bond acceptors (Lipinski definition) is 6. The number of amides is 3. The summed E-state index contributed by atoms with van der Waals surface area (Å²) < 4.78 is 20.6. The summed E-state index contributed by atoms with van der Waals surface area (Å²) >= 11 is 0. The third kappa shape index (κ3) is 8.03. The zero-order chi connectivity index (χ0) is 30.3. The molecule has 0 radical (unpaired) electrons. The van der Waals surface area contributed by atoms with Crippen LogP contribution in [0.4, 0.5) is 14.9 Å². The number of methoxy groups -OCH3 is 1. The summed E-state index contributed by atoms with van der Waals surface area (Å²) in [6.07, 6.45) is 4.40. The Hall–Kier alpha value is -4.48. The van der Waals surface area contributed by atoms with Gasteiger partial charge < -0.3 is 29.8 Å². The number of ether oxygens (including phenoxy) is 1. The van der Waals surface area contributed by atoms with E-state index in [9.17, 15) is 23.6 Å². The summed E-state index contributed by atoms with van der Waals surface area (Å²) in [7, 11) is 4.42. The molecule has 3 aromatic heterocycles. The molecule has 0 saturated carbocycles. The fourth-order valence-corrected chi connectivity index (χ4v) is 4.26. The number of rotatable bonds is 11. The van der Waals surface area contributed by atoms with Crippen molar-refractivity contribution in [3.8, 4) is 0 Å². The molecule has 3 amide bonds. The molecule has 12 heteroatoms. The van der Waals surface area contributed by atoms with Crippen LogP contribution in [0.5, 0.6) is 0 Å². The van der Waals surface area contributed by atoms with Crippen molar-refractivity contribution in [3.63, 3.8) is 0 Å². The third-order valence-corrected chi connectivity index (χ3v) is 6.47. The molecule has 3 aromatic rings. The summed E-state index contributed by atoms with van der Waals surface area (Å²) in [6.45, 7) is 5.92. The molecule has 0 saturated heterocycles. The van der Waals surface area contributed by atoms with Crippen molar-refractivity contribution < 1.29 is 23.5 Å². The van der Waals surface area contributed by atoms with E-state index in [1.165, 1.54) is 34.9 Å². The minimum absolute atomic E-state index is 0.0244. The lowest BCUT2D eigenvalue weighted by molar-refractivity contribution is -0.123. The number of aryl methyl sites for hydroxylation is 1. The molecule has 0 unspecified atom stereocenters. The highest BCUT2D eigenvalue weighted by atomic mass is 19.1. The number of carbonyl (C=O) groups excluding carboxylic acids is 3. The molecule has 1 atom stereocenters. The van der Waals surface area contributed by atoms with Gasteiger partial charge in [0, 0.05) is 31.0 Å². The number of nitrogens with one attached hydrogen (secondary N) is 3. The van der Waals surface area contributed by atoms with Crippen LogP contribution in [-0.2, 0) is 27.3 Å². The van der Waals surface area contributed by atoms with Gasteiger partial charge in [0.1, 0.15) is 17.5 Å². The molecule has 0 bridgehead atoms. The van der Waals surface area contributed by atoms with E-state index in [2.05, 4.69) is 25.3 Å². The van der Waals surface area contributed by atoms with Crippen LogP contribution in [0.3, 0.4) is 0 Å². The van der Waals surface area contributed by atoms with Crippen LogP contribution in [-0.4, -0.2) is 64.6 Å². The van der Waals surface area contributed by atoms with Crippen LogP contribution < -0.4 is 16.2 Å². The van der Waals surface area contributed by atoms with E-state index in [0.29, 0.717) is 40.8 Å². The van der Waals surface area contributed by atoms with Crippen LogP contribution in [0.2, 0.25) is 0 Å². The lowest BCUT2D eigenvalue weighted by atomic mass is 10.0. The molecular weight excluding hydrogens is 531 g/mol. The van der Waals surface area contributed by atoms with Gasteiger partial charge in [-0.1, -0.05) is 19.9 Å². The third-order valence-electron chi connectivity index (χ3n) is 6.47. The number of allylic oxidation sites excluding steroid dienone is 1. The first-order chi connectivity index (χ1) is 19.4. The van der Waals surface area contributed by atoms with E-state index >= 15 is 0 Å². The molecule has 0 aliphatic rings. The molecule has 3 rings (SSSR count). The highest BCUT2D eigenvalue weighted by Crippen LogP contribution is 2.23. The molecule has 0 fully saturated rings. The number of likely N-dealkylation sites (N-methyl/N-ethyl adjacent to an activating group) is 1. The van der Waals surface area contributed by atoms with Gasteiger partial charge in [0.25, 0.3) is 5.56 Å². The first kappa shape index (κ1) is 31.1. The second-order valence-electron chi connectivity index (χ2n) is 10.4. The number of halogens is 1. The highest BCUT2D eigenvalue weighted by Gasteiger charge is 2.22. The lowest BCUT2D eigenvalue weighted by Gasteiger charge is -2.18. The average molecular weight is 569 g/mol. The van der Waals surface area contributed by atoms with Crippen molar-refractivity contribution >= 4 is 34.6 Å². The Morgan fingerprint density at radius 3 is 2.63 bits per heavy atom. The fourth-order valence-electron chi connectivity index (χ4n) is 4.26. The summed E-state index contributed by atoms with van der Waals surface area (Å²) in [5, 5.41) is 5.08. The van der Waals surface area contributed by atoms with Crippen LogP contribution in [0.25, 0.3) is 11.0 Å². The summed E-state index contributed by atoms with van der Waals surface area (Å²) in [6, 6.07) is 3.95. The van der Waals surface area contributed by atoms with Crippen molar-refractivity contribution in [2.24, 2.45) is 5.92 Å². The zero-order valence-corrected chi connectivity index (χ0v) is 24.2. The van der Waals surface area contributed by atoms with Crippen molar-refractivity contribution in [2.75, 3.05) is 26.5 Å². The molecule has 3 N–H and O–H groups in total. The molecule has 11 nitrogen and oxygen atoms in total. The number of hydrogen-bond donors (Lipinski definition) is 3. The van der Waals surface area contributed by atoms with E-state index in [1.54, 1.807) is 39.2 Å². The fraction of sp³-hybridized carbons (Fsp3) is 0.414. The topological polar surface area (TPSA) is 138 Å². The predicted octanol–water partition coefficient (Wildman–Crippen LogP) is 3.51. The Bertz CT molecular complexity index is 1510. The number of anilines is 1. The molecule has 3 heterocycles. The number of H-pyrrole nitrogens is 1. The first-order valence-electron chi connectivity index (χ1n) is 13.3. The molecule has 0 spiro atoms. The normalized spacial score (nSPS) is 12.1. The number of pyridine rings is 2. The van der Waals surface area contributed by atoms with Crippen molar-refractivity contribution in [1.29, 1.82) is 0 Å². The number of fused-ring (bicyclic) bond motifs is 1. The van der Waals surface area contributed by atoms with Crippen LogP contribution in [0.15, 0.2) is 41.3 Å². The van der Waals surface area contributed by atoms with Crippen LogP contribution in [0, 0.1) is 18.7 Å². The van der Waals surface area contributed by atoms with Gasteiger partial charge in [0.15, 0.2) is 0 Å². The zero-order valence-electron chi connectivity index (χ0n) is 24.2. The van der Waals surface area contributed by atoms with E-state index in [-0.39, 0.29) is 36.3 Å². The SMILES string of the molecule is COC(=O)N[C@@H](CC/C=C/C(=O)N(C)C)C(=O)Nc1ccc(C)n(Cc2cc3ncc(F)c(CC(C)C)c3[nH]2)c1=O. The highest BCUT2D eigenvalue weighted by molar-refractivity contribution is 5.96. The molecule has 41 heavy (non-hydrogen) atoms. The quantitative estimate of drug-likeness (QED) is 0.303.